The van der Waals surface area contributed by atoms with Gasteiger partial charge in [-0.1, -0.05) is 123 Å². The van der Waals surface area contributed by atoms with E-state index in [1.807, 2.05) is 0 Å². The molecule has 10 N–H and O–H groups in total. The van der Waals surface area contributed by atoms with E-state index in [9.17, 15) is 57.9 Å². The molecule has 0 bridgehead atoms. The minimum atomic E-state index is -5.57. The van der Waals surface area contributed by atoms with Crippen LogP contribution in [0.25, 0.3) is 11.2 Å². The molecule has 68 heavy (non-hydrogen) atoms. The van der Waals surface area contributed by atoms with Crippen molar-refractivity contribution >= 4 is 69.1 Å². The number of nitrogens with zero attached hydrogens (tertiary/aromatic N) is 4. The van der Waals surface area contributed by atoms with Gasteiger partial charge in [-0.05, 0) is 12.3 Å². The number of hydrogen-bond acceptors (Lipinski definition) is 18. The van der Waals surface area contributed by atoms with Gasteiger partial charge >= 0.3 is 23.5 Å². The summed E-state index contributed by atoms with van der Waals surface area (Å²) >= 11 is 1.16. The molecule has 2 aromatic rings. The van der Waals surface area contributed by atoms with Crippen LogP contribution in [-0.4, -0.2) is 123 Å². The van der Waals surface area contributed by atoms with Crippen LogP contribution in [0.5, 0.6) is 0 Å². The van der Waals surface area contributed by atoms with Gasteiger partial charge in [-0.2, -0.15) is 4.31 Å². The molecule has 390 valence electrons. The number of phosphoric ester groups is 3. The molecular weight excluding hydrogens is 975 g/mol. The van der Waals surface area contributed by atoms with Crippen molar-refractivity contribution in [2.75, 3.05) is 37.8 Å². The van der Waals surface area contributed by atoms with E-state index >= 15 is 0 Å². The smallest absolute Gasteiger partial charge is 0.386 e. The van der Waals surface area contributed by atoms with Crippen LogP contribution in [0.3, 0.4) is 0 Å². The van der Waals surface area contributed by atoms with Crippen molar-refractivity contribution in [3.8, 4) is 0 Å². The van der Waals surface area contributed by atoms with Gasteiger partial charge in [0.1, 0.15) is 36.3 Å². The van der Waals surface area contributed by atoms with E-state index in [0.29, 0.717) is 12.2 Å². The number of amides is 2. The molecule has 1 aliphatic heterocycles. The Morgan fingerprint density at radius 3 is 2.15 bits per heavy atom. The van der Waals surface area contributed by atoms with Crippen molar-refractivity contribution < 1.29 is 80.5 Å². The Balaban J connectivity index is 1.29. The van der Waals surface area contributed by atoms with Gasteiger partial charge in [-0.3, -0.25) is 32.5 Å². The van der Waals surface area contributed by atoms with Crippen LogP contribution in [0.4, 0.5) is 5.82 Å². The maximum absolute atomic E-state index is 12.7. The third kappa shape index (κ3) is 21.9. The number of rotatable bonds is 35. The number of aromatic nitrogens is 4. The van der Waals surface area contributed by atoms with Crippen molar-refractivity contribution in [2.24, 2.45) is 11.3 Å². The lowest BCUT2D eigenvalue weighted by Gasteiger charge is -2.30. The van der Waals surface area contributed by atoms with Crippen LogP contribution >= 0.6 is 35.2 Å². The van der Waals surface area contributed by atoms with E-state index in [4.69, 9.17) is 19.5 Å². The molecule has 2 aromatic heterocycles. The molecule has 1 aliphatic rings. The first-order valence-corrected chi connectivity index (χ1v) is 28.5. The van der Waals surface area contributed by atoms with Gasteiger partial charge < -0.3 is 50.9 Å². The summed E-state index contributed by atoms with van der Waals surface area (Å²) in [6.07, 6.45) is 10.9. The summed E-state index contributed by atoms with van der Waals surface area (Å²) in [6, 6.07) is 0. The molecule has 8 unspecified atom stereocenters. The first kappa shape index (κ1) is 59.9. The number of ether oxygens (including phenoxy) is 1. The van der Waals surface area contributed by atoms with Crippen molar-refractivity contribution in [1.82, 2.24) is 30.2 Å². The zero-order valence-electron chi connectivity index (χ0n) is 39.3. The second-order valence-electron chi connectivity index (χ2n) is 17.6. The summed E-state index contributed by atoms with van der Waals surface area (Å²) < 4.78 is 62.5. The molecule has 3 heterocycles. The predicted octanol–water partition coefficient (Wildman–Crippen LogP) is 5.17. The molecule has 0 aromatic carbocycles. The molecule has 3 rings (SSSR count). The van der Waals surface area contributed by atoms with E-state index in [0.717, 1.165) is 54.2 Å². The molecule has 0 saturated carbocycles. The number of anilines is 1. The van der Waals surface area contributed by atoms with E-state index in [1.54, 1.807) is 0 Å². The lowest BCUT2D eigenvalue weighted by Crippen LogP contribution is -2.46. The molecule has 8 atom stereocenters. The highest BCUT2D eigenvalue weighted by Gasteiger charge is 2.50. The number of carbonyl (C=O) groups is 3. The third-order valence-electron chi connectivity index (χ3n) is 11.1. The number of nitrogens with two attached hydrogens (primary N) is 1. The number of aliphatic hydroxyl groups excluding tert-OH is 2. The average molecular weight is 1050 g/mol. The number of nitrogen functional groups attached to an aromatic ring is 1. The first-order chi connectivity index (χ1) is 31.9. The Bertz CT molecular complexity index is 2030. The Labute approximate surface area is 401 Å². The molecule has 0 aliphatic carbocycles. The minimum Gasteiger partial charge on any atom is -0.386 e. The van der Waals surface area contributed by atoms with Crippen LogP contribution in [-0.2, 0) is 50.7 Å². The number of nitrogens with one attached hydrogen (secondary N) is 2. The SMILES string of the molecule is CCCCC(C)CCCCCCCCCCCCC(=O)SCCNC(=O)CCNC(=O)C(O)C(C)(C)COP(=O)(O)OP(=O)(O)OCC1OC(n2cnc3c(N)ncnc32)C(O)C1OP(=O)(O)O. The number of hydrogen-bond donors (Lipinski definition) is 9. The van der Waals surface area contributed by atoms with Gasteiger partial charge in [0.25, 0.3) is 0 Å². The molecule has 0 radical (unpaired) electrons. The zero-order valence-corrected chi connectivity index (χ0v) is 42.8. The summed E-state index contributed by atoms with van der Waals surface area (Å²) in [5.41, 5.74) is 4.29. The molecule has 0 spiro atoms. The normalized spacial score (nSPS) is 20.4. The Morgan fingerprint density at radius 2 is 1.50 bits per heavy atom. The van der Waals surface area contributed by atoms with Crippen molar-refractivity contribution in [2.45, 2.75) is 161 Å². The maximum atomic E-state index is 12.7. The van der Waals surface area contributed by atoms with E-state index in [-0.39, 0.29) is 41.6 Å². The molecule has 1 fully saturated rings. The van der Waals surface area contributed by atoms with Crippen LogP contribution < -0.4 is 16.4 Å². The van der Waals surface area contributed by atoms with Gasteiger partial charge in [0.05, 0.1) is 19.5 Å². The van der Waals surface area contributed by atoms with E-state index in [2.05, 4.69) is 48.3 Å². The fourth-order valence-electron chi connectivity index (χ4n) is 7.24. The Kier molecular flexibility index (Phi) is 25.7. The van der Waals surface area contributed by atoms with Gasteiger partial charge in [-0.25, -0.2) is 28.6 Å². The van der Waals surface area contributed by atoms with Gasteiger partial charge in [0.2, 0.25) is 11.8 Å². The first-order valence-electron chi connectivity index (χ1n) is 23.0. The monoisotopic (exact) mass is 1050 g/mol. The fraction of sp³-hybridized carbons (Fsp3) is 0.800. The molecule has 1 saturated heterocycles. The highest BCUT2D eigenvalue weighted by Crippen LogP contribution is 2.61. The van der Waals surface area contributed by atoms with Crippen molar-refractivity contribution in [1.29, 1.82) is 0 Å². The summed E-state index contributed by atoms with van der Waals surface area (Å²) in [5.74, 6) is -0.171. The summed E-state index contributed by atoms with van der Waals surface area (Å²) in [5, 5.41) is 26.7. The number of imidazole rings is 1. The van der Waals surface area contributed by atoms with Gasteiger partial charge in [0, 0.05) is 37.1 Å². The lowest BCUT2D eigenvalue weighted by molar-refractivity contribution is -0.137. The van der Waals surface area contributed by atoms with Crippen molar-refractivity contribution in [3.63, 3.8) is 0 Å². The molecule has 24 nitrogen and oxygen atoms in total. The third-order valence-corrected chi connectivity index (χ3v) is 15.2. The van der Waals surface area contributed by atoms with Crippen LogP contribution in [0.15, 0.2) is 12.7 Å². The minimum absolute atomic E-state index is 0.0339. The molecular formula is C40H72N7O17P3S. The van der Waals surface area contributed by atoms with E-state index < -0.39 is 84.6 Å². The highest BCUT2D eigenvalue weighted by molar-refractivity contribution is 8.13. The second kappa shape index (κ2) is 29.2. The van der Waals surface area contributed by atoms with Crippen LogP contribution in [0.1, 0.15) is 137 Å². The number of fused-ring (bicyclic) bond motifs is 1. The number of aliphatic hydroxyl groups is 2. The van der Waals surface area contributed by atoms with Crippen LogP contribution in [0.2, 0.25) is 0 Å². The maximum Gasteiger partial charge on any atom is 0.481 e. The number of carbonyl (C=O) groups excluding carboxylic acids is 3. The van der Waals surface area contributed by atoms with Gasteiger partial charge in [0.15, 0.2) is 22.8 Å². The summed E-state index contributed by atoms with van der Waals surface area (Å²) in [6.45, 7) is 5.20. The fourth-order valence-corrected chi connectivity index (χ4v) is 10.8. The largest absolute Gasteiger partial charge is 0.481 e. The highest BCUT2D eigenvalue weighted by atomic mass is 32.2. The second-order valence-corrected chi connectivity index (χ2v) is 23.0. The standard InChI is InChI=1S/C40H72N7O17P3S/c1-5-6-17-28(2)18-15-13-11-9-7-8-10-12-14-16-19-31(49)68-23-22-42-30(48)20-21-43-38(52)35(51)40(3,4)25-61-67(58,59)64-66(56,57)60-24-29-34(63-65(53,54)55)33(50)39(62-29)47-27-46-32-36(41)44-26-45-37(32)47/h26-29,33-35,39,50-51H,5-25H2,1-4H3,(H,42,48)(H,43,52)(H,56,57)(H,58,59)(H2,41,44,45)(H2,53,54,55). The number of phosphoric acid groups is 3. The predicted molar refractivity (Wildman–Crippen MR) is 251 cm³/mol. The van der Waals surface area contributed by atoms with Crippen LogP contribution in [0, 0.1) is 11.3 Å². The number of thioether (sulfide) groups is 1. The summed E-state index contributed by atoms with van der Waals surface area (Å²) in [7, 11) is -16.4. The summed E-state index contributed by atoms with van der Waals surface area (Å²) in [4.78, 5) is 88.4. The molecule has 2 amide bonds. The lowest BCUT2D eigenvalue weighted by atomic mass is 9.87. The van der Waals surface area contributed by atoms with Gasteiger partial charge in [-0.15, -0.1) is 0 Å². The Hall–Kier alpha value is -2.44. The molecule has 28 heteroatoms. The topological polar surface area (TPSA) is 364 Å². The van der Waals surface area contributed by atoms with Crippen molar-refractivity contribution in [3.05, 3.63) is 12.7 Å². The quantitative estimate of drug-likeness (QED) is 0.0317. The zero-order chi connectivity index (χ0) is 50.5. The van der Waals surface area contributed by atoms with E-state index in [1.165, 1.54) is 84.5 Å². The number of unbranched alkanes of at least 4 members (excludes halogenated alkanes) is 10. The Morgan fingerprint density at radius 1 is 0.882 bits per heavy atom. The average Bonchev–Trinajstić information content (AvgIpc) is 3.82.